The molecule has 0 fully saturated rings. The number of nitrogens with zero attached hydrogens (tertiary/aromatic N) is 4. The van der Waals surface area contributed by atoms with E-state index < -0.39 is 0 Å². The predicted octanol–water partition coefficient (Wildman–Crippen LogP) is 2.45. The summed E-state index contributed by atoms with van der Waals surface area (Å²) in [5, 5.41) is 13.1. The molecule has 0 aliphatic heterocycles. The number of amides is 1. The summed E-state index contributed by atoms with van der Waals surface area (Å²) >= 11 is 0. The number of carbonyl (C=O) groups is 1. The third-order valence-electron chi connectivity index (χ3n) is 4.11. The van der Waals surface area contributed by atoms with Crippen LogP contribution >= 0.6 is 0 Å². The van der Waals surface area contributed by atoms with E-state index in [1.54, 1.807) is 6.20 Å². The average Bonchev–Trinajstić information content (AvgIpc) is 2.67. The average molecular weight is 335 g/mol. The van der Waals surface area contributed by atoms with E-state index in [2.05, 4.69) is 27.4 Å². The molecule has 6 nitrogen and oxygen atoms in total. The molecule has 6 heteroatoms. The maximum Gasteiger partial charge on any atom is 0.272 e. The topological polar surface area (TPSA) is 71.0 Å². The Hall–Kier alpha value is -3.02. The minimum atomic E-state index is -0.217. The minimum Gasteiger partial charge on any atom is -0.358 e. The molecular formula is C19H21N5O. The lowest BCUT2D eigenvalue weighted by Crippen LogP contribution is -2.28. The van der Waals surface area contributed by atoms with Gasteiger partial charge in [-0.05, 0) is 19.1 Å². The molecule has 0 aliphatic rings. The van der Waals surface area contributed by atoms with Crippen molar-refractivity contribution in [1.82, 2.24) is 20.5 Å². The highest BCUT2D eigenvalue weighted by molar-refractivity contribution is 6.07. The summed E-state index contributed by atoms with van der Waals surface area (Å²) in [6, 6.07) is 13.5. The Kier molecular flexibility index (Phi) is 5.18. The molecular weight excluding hydrogens is 314 g/mol. The van der Waals surface area contributed by atoms with Gasteiger partial charge in [0.1, 0.15) is 0 Å². The van der Waals surface area contributed by atoms with Crippen LogP contribution in [0.15, 0.2) is 48.7 Å². The lowest BCUT2D eigenvalue weighted by Gasteiger charge is -2.17. The molecule has 2 heterocycles. The van der Waals surface area contributed by atoms with E-state index in [0.29, 0.717) is 18.7 Å². The van der Waals surface area contributed by atoms with Gasteiger partial charge in [0.25, 0.3) is 5.91 Å². The Morgan fingerprint density at radius 1 is 1.08 bits per heavy atom. The highest BCUT2D eigenvalue weighted by Gasteiger charge is 2.16. The summed E-state index contributed by atoms with van der Waals surface area (Å²) in [5.41, 5.74) is 1.29. The number of hydrogen-bond donors (Lipinski definition) is 1. The zero-order chi connectivity index (χ0) is 17.6. The number of nitrogens with one attached hydrogen (secondary N) is 1. The zero-order valence-electron chi connectivity index (χ0n) is 14.4. The number of carbonyl (C=O) groups excluding carboxylic acids is 1. The van der Waals surface area contributed by atoms with E-state index in [1.165, 1.54) is 0 Å². The van der Waals surface area contributed by atoms with Crippen LogP contribution in [-0.2, 0) is 6.42 Å². The summed E-state index contributed by atoms with van der Waals surface area (Å²) in [7, 11) is 1.96. The molecule has 0 saturated carbocycles. The van der Waals surface area contributed by atoms with Gasteiger partial charge < -0.3 is 10.2 Å². The molecule has 0 radical (unpaired) electrons. The summed E-state index contributed by atoms with van der Waals surface area (Å²) in [5.74, 6) is 0.563. The summed E-state index contributed by atoms with van der Waals surface area (Å²) in [4.78, 5) is 18.8. The van der Waals surface area contributed by atoms with Gasteiger partial charge in [-0.25, -0.2) is 0 Å². The number of pyridine rings is 1. The smallest absolute Gasteiger partial charge is 0.272 e. The van der Waals surface area contributed by atoms with Gasteiger partial charge in [0, 0.05) is 49.2 Å². The predicted molar refractivity (Wildman–Crippen MR) is 98.8 cm³/mol. The van der Waals surface area contributed by atoms with Gasteiger partial charge in [-0.2, -0.15) is 0 Å². The van der Waals surface area contributed by atoms with Crippen molar-refractivity contribution in [1.29, 1.82) is 0 Å². The molecule has 0 aliphatic carbocycles. The standard InChI is InChI=1S/C19H21N5O/c1-3-24(2)18-16-10-5-4-9-15(16)17(22-23-18)19(25)21-13-11-14-8-6-7-12-20-14/h4-10,12H,3,11,13H2,1-2H3,(H,21,25). The summed E-state index contributed by atoms with van der Waals surface area (Å²) in [6.07, 6.45) is 2.42. The fourth-order valence-corrected chi connectivity index (χ4v) is 2.62. The third kappa shape index (κ3) is 3.74. The van der Waals surface area contributed by atoms with Crippen LogP contribution in [0.2, 0.25) is 0 Å². The van der Waals surface area contributed by atoms with Gasteiger partial charge in [0.15, 0.2) is 11.5 Å². The summed E-state index contributed by atoms with van der Waals surface area (Å²) < 4.78 is 0. The molecule has 1 aromatic carbocycles. The zero-order valence-corrected chi connectivity index (χ0v) is 14.4. The van der Waals surface area contributed by atoms with Crippen molar-refractivity contribution < 1.29 is 4.79 Å². The number of aromatic nitrogens is 3. The van der Waals surface area contributed by atoms with Crippen LogP contribution in [0.1, 0.15) is 23.1 Å². The monoisotopic (exact) mass is 335 g/mol. The van der Waals surface area contributed by atoms with Crippen molar-refractivity contribution in [3.63, 3.8) is 0 Å². The third-order valence-corrected chi connectivity index (χ3v) is 4.11. The number of benzene rings is 1. The molecule has 1 amide bonds. The van der Waals surface area contributed by atoms with Crippen LogP contribution in [0.25, 0.3) is 10.8 Å². The molecule has 3 aromatic rings. The number of hydrogen-bond acceptors (Lipinski definition) is 5. The number of fused-ring (bicyclic) bond motifs is 1. The highest BCUT2D eigenvalue weighted by atomic mass is 16.1. The van der Waals surface area contributed by atoms with Gasteiger partial charge >= 0.3 is 0 Å². The molecule has 3 rings (SSSR count). The minimum absolute atomic E-state index is 0.217. The van der Waals surface area contributed by atoms with Crippen LogP contribution in [-0.4, -0.2) is 41.2 Å². The van der Waals surface area contributed by atoms with Crippen molar-refractivity contribution in [3.8, 4) is 0 Å². The Balaban J connectivity index is 1.80. The van der Waals surface area contributed by atoms with Crippen molar-refractivity contribution in [2.45, 2.75) is 13.3 Å². The fraction of sp³-hybridized carbons (Fsp3) is 0.263. The van der Waals surface area contributed by atoms with Crippen molar-refractivity contribution in [3.05, 3.63) is 60.0 Å². The molecule has 1 N–H and O–H groups in total. The Morgan fingerprint density at radius 3 is 2.56 bits per heavy atom. The van der Waals surface area contributed by atoms with E-state index in [1.807, 2.05) is 54.4 Å². The van der Waals surface area contributed by atoms with Gasteiger partial charge in [-0.15, -0.1) is 10.2 Å². The van der Waals surface area contributed by atoms with Gasteiger partial charge in [0.05, 0.1) is 0 Å². The first kappa shape index (κ1) is 16.8. The van der Waals surface area contributed by atoms with Crippen molar-refractivity contribution in [2.75, 3.05) is 25.0 Å². The fourth-order valence-electron chi connectivity index (χ4n) is 2.62. The van der Waals surface area contributed by atoms with E-state index in [4.69, 9.17) is 0 Å². The van der Waals surface area contributed by atoms with Crippen molar-refractivity contribution >= 4 is 22.5 Å². The Morgan fingerprint density at radius 2 is 1.84 bits per heavy atom. The second-order valence-electron chi connectivity index (χ2n) is 5.76. The van der Waals surface area contributed by atoms with Gasteiger partial charge in [0.2, 0.25) is 0 Å². The first-order valence-electron chi connectivity index (χ1n) is 8.35. The number of rotatable bonds is 6. The lowest BCUT2D eigenvalue weighted by molar-refractivity contribution is 0.0950. The molecule has 0 saturated heterocycles. The summed E-state index contributed by atoms with van der Waals surface area (Å²) in [6.45, 7) is 3.37. The first-order valence-corrected chi connectivity index (χ1v) is 8.35. The van der Waals surface area contributed by atoms with Crippen LogP contribution in [0.5, 0.6) is 0 Å². The Bertz CT molecular complexity index is 866. The Labute approximate surface area is 146 Å². The number of anilines is 1. The molecule has 0 bridgehead atoms. The van der Waals surface area contributed by atoms with E-state index in [0.717, 1.165) is 28.8 Å². The maximum atomic E-state index is 12.6. The SMILES string of the molecule is CCN(C)c1nnc(C(=O)NCCc2ccccn2)c2ccccc12. The van der Waals surface area contributed by atoms with Gasteiger partial charge in [-0.3, -0.25) is 9.78 Å². The molecule has 0 unspecified atom stereocenters. The van der Waals surface area contributed by atoms with Gasteiger partial charge in [-0.1, -0.05) is 30.3 Å². The molecule has 2 aromatic heterocycles. The lowest BCUT2D eigenvalue weighted by atomic mass is 10.1. The van der Waals surface area contributed by atoms with Crippen LogP contribution in [0.4, 0.5) is 5.82 Å². The molecule has 0 atom stereocenters. The molecule has 128 valence electrons. The van der Waals surface area contributed by atoms with Crippen molar-refractivity contribution in [2.24, 2.45) is 0 Å². The van der Waals surface area contributed by atoms with Crippen LogP contribution < -0.4 is 10.2 Å². The van der Waals surface area contributed by atoms with Crippen LogP contribution in [0.3, 0.4) is 0 Å². The highest BCUT2D eigenvalue weighted by Crippen LogP contribution is 2.24. The molecule has 0 spiro atoms. The van der Waals surface area contributed by atoms with E-state index >= 15 is 0 Å². The maximum absolute atomic E-state index is 12.6. The quantitative estimate of drug-likeness (QED) is 0.749. The molecule has 25 heavy (non-hydrogen) atoms. The second-order valence-corrected chi connectivity index (χ2v) is 5.76. The second kappa shape index (κ2) is 7.70. The van der Waals surface area contributed by atoms with E-state index in [-0.39, 0.29) is 5.91 Å². The van der Waals surface area contributed by atoms with E-state index in [9.17, 15) is 4.79 Å². The first-order chi connectivity index (χ1) is 12.2. The largest absolute Gasteiger partial charge is 0.358 e. The van der Waals surface area contributed by atoms with Crippen LogP contribution in [0, 0.1) is 0 Å². The normalized spacial score (nSPS) is 10.6.